The lowest BCUT2D eigenvalue weighted by atomic mass is 10.1. The Kier molecular flexibility index (Phi) is 6.21. The maximum Gasteiger partial charge on any atom is 0.127 e. The van der Waals surface area contributed by atoms with Gasteiger partial charge in [0.2, 0.25) is 0 Å². The number of nitrogens with zero attached hydrogens (tertiary/aromatic N) is 1. The van der Waals surface area contributed by atoms with Crippen LogP contribution in [-0.4, -0.2) is 34.4 Å². The van der Waals surface area contributed by atoms with Crippen molar-refractivity contribution in [2.75, 3.05) is 13.2 Å². The molecule has 128 valence electrons. The summed E-state index contributed by atoms with van der Waals surface area (Å²) in [6.07, 6.45) is 0. The number of aryl methyl sites for hydroxylation is 1. The third kappa shape index (κ3) is 5.81. The van der Waals surface area contributed by atoms with Gasteiger partial charge in [-0.1, -0.05) is 0 Å². The number of hydrogen-bond donors (Lipinski definition) is 1. The molecule has 23 heavy (non-hydrogen) atoms. The number of ether oxygens (including phenoxy) is 2. The highest BCUT2D eigenvalue weighted by Crippen LogP contribution is 2.25. The largest absolute Gasteiger partial charge is 0.485 e. The maximum atomic E-state index is 6.10. The van der Waals surface area contributed by atoms with E-state index in [-0.39, 0.29) is 5.60 Å². The van der Waals surface area contributed by atoms with Gasteiger partial charge in [-0.05, 0) is 46.8 Å². The fraction of sp³-hybridized carbons (Fsp3) is 0.562. The van der Waals surface area contributed by atoms with Crippen molar-refractivity contribution in [3.05, 3.63) is 24.0 Å². The molecule has 0 bridgehead atoms. The number of hydrogen-bond acceptors (Lipinski definition) is 5. The number of aromatic amines is 1. The van der Waals surface area contributed by atoms with E-state index in [0.717, 1.165) is 22.6 Å². The predicted octanol–water partition coefficient (Wildman–Crippen LogP) is 4.84. The van der Waals surface area contributed by atoms with E-state index in [2.05, 4.69) is 31.2 Å². The topological polar surface area (TPSA) is 56.4 Å². The van der Waals surface area contributed by atoms with Crippen molar-refractivity contribution in [2.24, 2.45) is 0 Å². The molecule has 0 aliphatic rings. The molecule has 2 aromatic rings. The van der Waals surface area contributed by atoms with E-state index in [9.17, 15) is 0 Å². The van der Waals surface area contributed by atoms with Gasteiger partial charge in [-0.2, -0.15) is 0 Å². The zero-order valence-corrected chi connectivity index (χ0v) is 17.1. The number of aromatic nitrogens is 2. The molecule has 2 rings (SSSR count). The third-order valence-electron chi connectivity index (χ3n) is 3.23. The summed E-state index contributed by atoms with van der Waals surface area (Å²) in [5, 5.41) is 0. The molecular formula is C16H23IN2O3S. The maximum absolute atomic E-state index is 6.10. The minimum atomic E-state index is -0.447. The molecule has 0 fully saturated rings. The van der Waals surface area contributed by atoms with Gasteiger partial charge in [-0.3, -0.25) is 0 Å². The van der Waals surface area contributed by atoms with Crippen LogP contribution in [0.15, 0.2) is 18.2 Å². The van der Waals surface area contributed by atoms with Gasteiger partial charge in [0.25, 0.3) is 0 Å². The van der Waals surface area contributed by atoms with Crippen LogP contribution in [0.1, 0.15) is 33.5 Å². The van der Waals surface area contributed by atoms with E-state index < -0.39 is 5.60 Å². The van der Waals surface area contributed by atoms with Gasteiger partial charge in [0.1, 0.15) is 17.2 Å². The Morgan fingerprint density at radius 3 is 2.61 bits per heavy atom. The number of rotatable bonds is 8. The second-order valence-electron chi connectivity index (χ2n) is 6.74. The van der Waals surface area contributed by atoms with Crippen LogP contribution < -0.4 is 4.74 Å². The predicted molar refractivity (Wildman–Crippen MR) is 103 cm³/mol. The average molecular weight is 450 g/mol. The second kappa shape index (κ2) is 7.58. The summed E-state index contributed by atoms with van der Waals surface area (Å²) in [6.45, 7) is 11.0. The fourth-order valence-corrected chi connectivity index (χ4v) is 2.81. The van der Waals surface area contributed by atoms with Crippen molar-refractivity contribution in [1.82, 2.24) is 9.97 Å². The molecule has 7 heteroatoms. The van der Waals surface area contributed by atoms with E-state index >= 15 is 0 Å². The van der Waals surface area contributed by atoms with Crippen molar-refractivity contribution >= 4 is 41.5 Å². The van der Waals surface area contributed by atoms with Crippen LogP contribution in [0.5, 0.6) is 5.75 Å². The van der Waals surface area contributed by atoms with Crippen LogP contribution in [0.2, 0.25) is 0 Å². The Bertz CT molecular complexity index is 658. The van der Waals surface area contributed by atoms with Gasteiger partial charge >= 0.3 is 0 Å². The molecule has 0 aliphatic heterocycles. The molecule has 1 aromatic carbocycles. The minimum absolute atomic E-state index is 0.358. The number of benzene rings is 1. The molecule has 0 unspecified atom stereocenters. The summed E-state index contributed by atoms with van der Waals surface area (Å²) in [5.74, 6) is 1.70. The van der Waals surface area contributed by atoms with E-state index in [1.165, 1.54) is 9.21 Å². The first-order chi connectivity index (χ1) is 10.7. The zero-order chi connectivity index (χ0) is 17.1. The van der Waals surface area contributed by atoms with Crippen molar-refractivity contribution < 1.29 is 13.7 Å². The first-order valence-electron chi connectivity index (χ1n) is 7.40. The monoisotopic (exact) mass is 450 g/mol. The van der Waals surface area contributed by atoms with Crippen molar-refractivity contribution in [1.29, 1.82) is 0 Å². The highest BCUT2D eigenvalue weighted by atomic mass is 127. The van der Waals surface area contributed by atoms with Crippen LogP contribution in [0, 0.1) is 6.92 Å². The van der Waals surface area contributed by atoms with E-state index in [1.807, 2.05) is 52.8 Å². The SMILES string of the molecule is Cc1nc2ccc(OC(C)(C)COC(C)(C)COSI)cc2[nH]1. The van der Waals surface area contributed by atoms with Crippen molar-refractivity contribution in [2.45, 2.75) is 45.8 Å². The van der Waals surface area contributed by atoms with Crippen molar-refractivity contribution in [3.8, 4) is 5.75 Å². The zero-order valence-electron chi connectivity index (χ0n) is 14.1. The molecule has 0 radical (unpaired) electrons. The molecule has 1 heterocycles. The lowest BCUT2D eigenvalue weighted by Crippen LogP contribution is -2.40. The van der Waals surface area contributed by atoms with E-state index in [0.29, 0.717) is 13.2 Å². The number of nitrogens with one attached hydrogen (secondary N) is 1. The summed E-state index contributed by atoms with van der Waals surface area (Å²) in [7, 11) is 1.32. The van der Waals surface area contributed by atoms with Crippen LogP contribution in [0.25, 0.3) is 11.0 Å². The molecule has 5 nitrogen and oxygen atoms in total. The molecule has 0 aliphatic carbocycles. The van der Waals surface area contributed by atoms with E-state index in [4.69, 9.17) is 13.7 Å². The normalized spacial score (nSPS) is 12.8. The first-order valence-corrected chi connectivity index (χ1v) is 10.7. The number of imidazole rings is 1. The fourth-order valence-electron chi connectivity index (χ4n) is 2.10. The Labute approximate surface area is 153 Å². The average Bonchev–Trinajstić information content (AvgIpc) is 2.82. The highest BCUT2D eigenvalue weighted by molar-refractivity contribution is 14.2. The summed E-state index contributed by atoms with van der Waals surface area (Å²) in [5.41, 5.74) is 1.11. The molecule has 0 atom stereocenters. The lowest BCUT2D eigenvalue weighted by Gasteiger charge is -2.32. The molecule has 0 saturated heterocycles. The number of H-pyrrole nitrogens is 1. The second-order valence-corrected chi connectivity index (χ2v) is 8.18. The molecule has 1 N–H and O–H groups in total. The summed E-state index contributed by atoms with van der Waals surface area (Å²) in [4.78, 5) is 7.62. The molecular weight excluding hydrogens is 427 g/mol. The Balaban J connectivity index is 1.98. The standard InChI is InChI=1S/C16H23IN2O3S/c1-11-18-13-7-6-12(8-14(13)19-11)22-16(4,5)9-20-15(2,3)10-21-23-17/h6-8H,9-10H2,1-5H3,(H,18,19). The summed E-state index contributed by atoms with van der Waals surface area (Å²) in [6, 6.07) is 5.86. The Hall–Kier alpha value is -0.510. The van der Waals surface area contributed by atoms with Gasteiger partial charge in [0.05, 0.1) is 39.1 Å². The minimum Gasteiger partial charge on any atom is -0.485 e. The number of fused-ring (bicyclic) bond motifs is 1. The summed E-state index contributed by atoms with van der Waals surface area (Å²) < 4.78 is 17.4. The molecule has 1 aromatic heterocycles. The first kappa shape index (κ1) is 18.8. The van der Waals surface area contributed by atoms with Crippen LogP contribution in [0.4, 0.5) is 0 Å². The third-order valence-corrected chi connectivity index (χ3v) is 4.20. The van der Waals surface area contributed by atoms with Gasteiger partial charge < -0.3 is 18.6 Å². The quantitative estimate of drug-likeness (QED) is 0.461. The molecule has 0 amide bonds. The molecule has 0 saturated carbocycles. The van der Waals surface area contributed by atoms with E-state index in [1.54, 1.807) is 0 Å². The van der Waals surface area contributed by atoms with Crippen LogP contribution >= 0.6 is 30.4 Å². The van der Waals surface area contributed by atoms with Gasteiger partial charge in [-0.15, -0.1) is 0 Å². The molecule has 0 spiro atoms. The lowest BCUT2D eigenvalue weighted by molar-refractivity contribution is -0.0947. The van der Waals surface area contributed by atoms with Gasteiger partial charge in [0.15, 0.2) is 0 Å². The van der Waals surface area contributed by atoms with Crippen molar-refractivity contribution in [3.63, 3.8) is 0 Å². The number of halogens is 1. The Morgan fingerprint density at radius 2 is 1.91 bits per heavy atom. The highest BCUT2D eigenvalue weighted by Gasteiger charge is 2.27. The van der Waals surface area contributed by atoms with Crippen LogP contribution in [-0.2, 0) is 8.92 Å². The van der Waals surface area contributed by atoms with Crippen LogP contribution in [0.3, 0.4) is 0 Å². The van der Waals surface area contributed by atoms with Gasteiger partial charge in [-0.25, -0.2) is 4.98 Å². The smallest absolute Gasteiger partial charge is 0.127 e. The summed E-state index contributed by atoms with van der Waals surface area (Å²) >= 11 is 2.10. The van der Waals surface area contributed by atoms with Gasteiger partial charge in [0, 0.05) is 27.3 Å². The Morgan fingerprint density at radius 1 is 1.17 bits per heavy atom.